The van der Waals surface area contributed by atoms with Crippen LogP contribution in [0.25, 0.3) is 126 Å². The minimum atomic E-state index is -0.0191. The second-order valence-electron chi connectivity index (χ2n) is 17.6. The molecule has 0 unspecified atom stereocenters. The summed E-state index contributed by atoms with van der Waals surface area (Å²) in [6.07, 6.45) is 0. The molecule has 6 aromatic heterocycles. The Morgan fingerprint density at radius 1 is 0.424 bits per heavy atom. The van der Waals surface area contributed by atoms with Crippen molar-refractivity contribution in [1.82, 2.24) is 18.4 Å². The predicted octanol–water partition coefficient (Wildman–Crippen LogP) is 14.6. The van der Waals surface area contributed by atoms with Gasteiger partial charge >= 0.3 is 0 Å². The molecule has 0 radical (unpaired) electrons. The molecule has 276 valence electrons. The van der Waals surface area contributed by atoms with Gasteiger partial charge in [0.1, 0.15) is 5.65 Å². The summed E-state index contributed by atoms with van der Waals surface area (Å²) in [5, 5.41) is 13.8. The van der Waals surface area contributed by atoms with Crippen molar-refractivity contribution in [1.29, 1.82) is 0 Å². The lowest BCUT2D eigenvalue weighted by molar-refractivity contribution is 0.592. The molecule has 0 amide bonds. The van der Waals surface area contributed by atoms with E-state index in [2.05, 4.69) is 198 Å². The van der Waals surface area contributed by atoms with E-state index in [0.717, 1.165) is 16.7 Å². The number of hydrogen-bond acceptors (Lipinski definition) is 1. The first-order valence-corrected chi connectivity index (χ1v) is 20.6. The van der Waals surface area contributed by atoms with Crippen LogP contribution in [0.4, 0.5) is 0 Å². The van der Waals surface area contributed by atoms with Crippen molar-refractivity contribution in [3.05, 3.63) is 169 Å². The summed E-state index contributed by atoms with van der Waals surface area (Å²) in [5.74, 6) is 0. The summed E-state index contributed by atoms with van der Waals surface area (Å²) >= 11 is 0. The van der Waals surface area contributed by atoms with Gasteiger partial charge in [0.2, 0.25) is 0 Å². The minimum absolute atomic E-state index is 0.0191. The summed E-state index contributed by atoms with van der Waals surface area (Å²) in [5.41, 5.74) is 15.4. The summed E-state index contributed by atoms with van der Waals surface area (Å²) in [4.78, 5) is 5.85. The molecule has 0 saturated heterocycles. The van der Waals surface area contributed by atoms with Crippen LogP contribution in [0, 0.1) is 0 Å². The Bertz CT molecular complexity index is 4100. The Labute approximate surface area is 338 Å². The van der Waals surface area contributed by atoms with E-state index >= 15 is 0 Å². The van der Waals surface area contributed by atoms with Crippen molar-refractivity contribution in [3.8, 4) is 16.8 Å². The Morgan fingerprint density at radius 2 is 1.10 bits per heavy atom. The molecule has 0 spiro atoms. The zero-order chi connectivity index (χ0) is 38.9. The van der Waals surface area contributed by atoms with Gasteiger partial charge in [0.15, 0.2) is 0 Å². The predicted molar refractivity (Wildman–Crippen MR) is 250 cm³/mol. The Morgan fingerprint density at radius 3 is 1.93 bits per heavy atom. The number of para-hydroxylation sites is 4. The fourth-order valence-corrected chi connectivity index (χ4v) is 10.8. The molecule has 4 heteroatoms. The van der Waals surface area contributed by atoms with Crippen molar-refractivity contribution in [3.63, 3.8) is 0 Å². The van der Waals surface area contributed by atoms with Gasteiger partial charge in [-0.25, -0.2) is 4.98 Å². The number of nitrogens with zero attached hydrogens (tertiary/aromatic N) is 4. The van der Waals surface area contributed by atoms with Crippen LogP contribution >= 0.6 is 0 Å². The Hall–Kier alpha value is -7.43. The molecule has 14 aromatic rings. The molecule has 0 atom stereocenters. The van der Waals surface area contributed by atoms with Gasteiger partial charge in [-0.15, -0.1) is 0 Å². The fourth-order valence-electron chi connectivity index (χ4n) is 10.8. The molecule has 0 fully saturated rings. The van der Waals surface area contributed by atoms with Crippen molar-refractivity contribution >= 4 is 109 Å². The van der Waals surface area contributed by atoms with Crippen molar-refractivity contribution in [2.45, 2.75) is 26.2 Å². The molecule has 0 N–H and O–H groups in total. The maximum Gasteiger partial charge on any atom is 0.146 e. The van der Waals surface area contributed by atoms with Gasteiger partial charge in [-0.3, -0.25) is 4.40 Å². The van der Waals surface area contributed by atoms with Crippen LogP contribution < -0.4 is 0 Å². The molecule has 6 heterocycles. The van der Waals surface area contributed by atoms with Crippen molar-refractivity contribution in [2.24, 2.45) is 0 Å². The minimum Gasteiger partial charge on any atom is -0.309 e. The zero-order valence-corrected chi connectivity index (χ0v) is 32.9. The van der Waals surface area contributed by atoms with Crippen LogP contribution in [0.5, 0.6) is 0 Å². The van der Waals surface area contributed by atoms with E-state index < -0.39 is 0 Å². The topological polar surface area (TPSA) is 26.6 Å². The number of hydrogen-bond donors (Lipinski definition) is 0. The SMILES string of the molecule is CC(C)(C)c1cc2c3ccccc3n3c4cc5c6c7ccccc7cc7c8cccc(-c9ccc%10c(c9)c9ccccc9n%10-c9ccccc9)c8n(c5nc4c(c1)c23)c76. The monoisotopic (exact) mass is 752 g/mol. The van der Waals surface area contributed by atoms with Crippen LogP contribution in [-0.2, 0) is 5.41 Å². The third-order valence-corrected chi connectivity index (χ3v) is 13.4. The molecular weight excluding hydrogens is 717 g/mol. The highest BCUT2D eigenvalue weighted by atomic mass is 15.0. The highest BCUT2D eigenvalue weighted by Crippen LogP contribution is 2.48. The van der Waals surface area contributed by atoms with Crippen molar-refractivity contribution < 1.29 is 0 Å². The fraction of sp³-hybridized carbons (Fsp3) is 0.0727. The third-order valence-electron chi connectivity index (χ3n) is 13.4. The molecular formula is C55H36N4. The van der Waals surface area contributed by atoms with Gasteiger partial charge in [-0.05, 0) is 88.0 Å². The van der Waals surface area contributed by atoms with Gasteiger partial charge in [-0.2, -0.15) is 0 Å². The average Bonchev–Trinajstić information content (AvgIpc) is 4.05. The van der Waals surface area contributed by atoms with E-state index in [1.165, 1.54) is 115 Å². The maximum atomic E-state index is 5.85. The number of pyridine rings is 1. The van der Waals surface area contributed by atoms with E-state index in [9.17, 15) is 0 Å². The lowest BCUT2D eigenvalue weighted by atomic mass is 9.85. The maximum absolute atomic E-state index is 5.85. The summed E-state index contributed by atoms with van der Waals surface area (Å²) in [6.45, 7) is 6.94. The summed E-state index contributed by atoms with van der Waals surface area (Å²) in [7, 11) is 0. The molecule has 8 aromatic carbocycles. The molecule has 0 bridgehead atoms. The Kier molecular flexibility index (Phi) is 5.76. The van der Waals surface area contributed by atoms with E-state index in [-0.39, 0.29) is 5.41 Å². The highest BCUT2D eigenvalue weighted by molar-refractivity contribution is 6.33. The second-order valence-corrected chi connectivity index (χ2v) is 17.6. The highest BCUT2D eigenvalue weighted by Gasteiger charge is 2.27. The smallest absolute Gasteiger partial charge is 0.146 e. The first-order valence-electron chi connectivity index (χ1n) is 20.6. The van der Waals surface area contributed by atoms with Gasteiger partial charge in [-0.1, -0.05) is 124 Å². The standard InChI is InChI=1S/C55H36N4/c1-55(2,3)33-28-42-38-19-10-12-23-46(38)58-48-30-43-49-35-17-8-7-14-31(35)27-41-39-21-13-20-36(51(39)59(53(41)49)54(43)56-50(48)44(29-33)52(42)58)32-24-25-47-40(26-32)37-18-9-11-22-45(37)57(47)34-15-5-4-6-16-34/h4-30H,1-3H3. The molecule has 0 aliphatic rings. The molecule has 4 nitrogen and oxygen atoms in total. The van der Waals surface area contributed by atoms with Crippen LogP contribution in [0.3, 0.4) is 0 Å². The van der Waals surface area contributed by atoms with Crippen molar-refractivity contribution in [2.75, 3.05) is 0 Å². The first kappa shape index (κ1) is 31.6. The molecule has 0 saturated carbocycles. The molecule has 0 aliphatic carbocycles. The largest absolute Gasteiger partial charge is 0.309 e. The quantitative estimate of drug-likeness (QED) is 0.173. The van der Waals surface area contributed by atoms with Crippen LogP contribution in [0.2, 0.25) is 0 Å². The van der Waals surface area contributed by atoms with Gasteiger partial charge < -0.3 is 8.97 Å². The lowest BCUT2D eigenvalue weighted by Crippen LogP contribution is -2.10. The van der Waals surface area contributed by atoms with E-state index in [0.29, 0.717) is 0 Å². The van der Waals surface area contributed by atoms with E-state index in [1.54, 1.807) is 0 Å². The summed E-state index contributed by atoms with van der Waals surface area (Å²) < 4.78 is 7.38. The van der Waals surface area contributed by atoms with Crippen LogP contribution in [0.1, 0.15) is 26.3 Å². The lowest BCUT2D eigenvalue weighted by Gasteiger charge is -2.19. The second kappa shape index (κ2) is 10.7. The van der Waals surface area contributed by atoms with Crippen LogP contribution in [0.15, 0.2) is 164 Å². The Balaban J connectivity index is 1.15. The van der Waals surface area contributed by atoms with E-state index in [4.69, 9.17) is 4.98 Å². The average molecular weight is 753 g/mol. The number of aromatic nitrogens is 4. The van der Waals surface area contributed by atoms with Gasteiger partial charge in [0.05, 0.1) is 44.1 Å². The van der Waals surface area contributed by atoms with Crippen LogP contribution in [-0.4, -0.2) is 18.4 Å². The molecule has 59 heavy (non-hydrogen) atoms. The van der Waals surface area contributed by atoms with Gasteiger partial charge in [0.25, 0.3) is 0 Å². The third kappa shape index (κ3) is 3.91. The normalized spacial score (nSPS) is 13.0. The molecule has 14 rings (SSSR count). The summed E-state index contributed by atoms with van der Waals surface area (Å²) in [6, 6.07) is 60.9. The van der Waals surface area contributed by atoms with Gasteiger partial charge in [0, 0.05) is 59.7 Å². The number of fused-ring (bicyclic) bond motifs is 17. The zero-order valence-electron chi connectivity index (χ0n) is 32.9. The number of benzene rings is 8. The molecule has 0 aliphatic heterocycles. The first-order chi connectivity index (χ1) is 28.9. The van der Waals surface area contributed by atoms with E-state index in [1.807, 2.05) is 0 Å². The number of rotatable bonds is 2.